The fourth-order valence-electron chi connectivity index (χ4n) is 0.800. The van der Waals surface area contributed by atoms with Gasteiger partial charge in [0.05, 0.1) is 12.8 Å². The third-order valence-electron chi connectivity index (χ3n) is 1.46. The highest BCUT2D eigenvalue weighted by molar-refractivity contribution is 5.36. The molecule has 1 aromatic heterocycles. The Bertz CT molecular complexity index is 293. The van der Waals surface area contributed by atoms with Gasteiger partial charge >= 0.3 is 0 Å². The second-order valence-electron chi connectivity index (χ2n) is 2.71. The highest BCUT2D eigenvalue weighted by Crippen LogP contribution is 2.11. The standard InChI is InChI=1S/C8H10F2N2O/c1-5(4-13)12-8-7(10)2-6(9)3-11-8/h2-3,5,13H,4H2,1H3,(H,11,12). The zero-order valence-corrected chi connectivity index (χ0v) is 7.09. The quantitative estimate of drug-likeness (QED) is 0.748. The molecule has 0 aliphatic heterocycles. The molecule has 1 rings (SSSR count). The van der Waals surface area contributed by atoms with Crippen molar-refractivity contribution in [3.05, 3.63) is 23.9 Å². The van der Waals surface area contributed by atoms with Gasteiger partial charge < -0.3 is 10.4 Å². The molecule has 0 aliphatic rings. The lowest BCUT2D eigenvalue weighted by molar-refractivity contribution is 0.281. The third kappa shape index (κ3) is 2.62. The second-order valence-corrected chi connectivity index (χ2v) is 2.71. The van der Waals surface area contributed by atoms with E-state index in [-0.39, 0.29) is 18.5 Å². The van der Waals surface area contributed by atoms with Gasteiger partial charge in [-0.15, -0.1) is 0 Å². The van der Waals surface area contributed by atoms with Crippen LogP contribution in [0.2, 0.25) is 0 Å². The average molecular weight is 188 g/mol. The van der Waals surface area contributed by atoms with E-state index in [9.17, 15) is 8.78 Å². The second kappa shape index (κ2) is 4.13. The molecule has 5 heteroatoms. The first-order valence-electron chi connectivity index (χ1n) is 3.82. The molecule has 1 aromatic rings. The van der Waals surface area contributed by atoms with Crippen LogP contribution in [0.25, 0.3) is 0 Å². The number of rotatable bonds is 3. The van der Waals surface area contributed by atoms with Crippen LogP contribution >= 0.6 is 0 Å². The largest absolute Gasteiger partial charge is 0.394 e. The van der Waals surface area contributed by atoms with Crippen molar-refractivity contribution < 1.29 is 13.9 Å². The molecule has 0 saturated carbocycles. The first-order valence-corrected chi connectivity index (χ1v) is 3.82. The van der Waals surface area contributed by atoms with Crippen LogP contribution in [0.3, 0.4) is 0 Å². The number of aliphatic hydroxyl groups excluding tert-OH is 1. The van der Waals surface area contributed by atoms with E-state index in [0.717, 1.165) is 12.3 Å². The van der Waals surface area contributed by atoms with Crippen molar-refractivity contribution in [2.45, 2.75) is 13.0 Å². The summed E-state index contributed by atoms with van der Waals surface area (Å²) in [6, 6.07) is 0.423. The molecule has 0 saturated heterocycles. The predicted molar refractivity (Wildman–Crippen MR) is 44.3 cm³/mol. The maximum absolute atomic E-state index is 12.9. The minimum atomic E-state index is -0.764. The van der Waals surface area contributed by atoms with Crippen LogP contribution in [0, 0.1) is 11.6 Å². The van der Waals surface area contributed by atoms with E-state index in [0.29, 0.717) is 0 Å². The van der Waals surface area contributed by atoms with Crippen molar-refractivity contribution in [3.8, 4) is 0 Å². The highest BCUT2D eigenvalue weighted by Gasteiger charge is 2.07. The number of halogens is 2. The number of aliphatic hydroxyl groups is 1. The minimum absolute atomic E-state index is 0.0528. The lowest BCUT2D eigenvalue weighted by atomic mass is 10.3. The van der Waals surface area contributed by atoms with Gasteiger partial charge in [0.1, 0.15) is 5.82 Å². The number of pyridine rings is 1. The average Bonchev–Trinajstić information content (AvgIpc) is 2.09. The molecule has 1 unspecified atom stereocenters. The van der Waals surface area contributed by atoms with Crippen molar-refractivity contribution in [3.63, 3.8) is 0 Å². The molecule has 1 heterocycles. The van der Waals surface area contributed by atoms with Crippen LogP contribution in [0.15, 0.2) is 12.3 Å². The van der Waals surface area contributed by atoms with Gasteiger partial charge in [-0.2, -0.15) is 0 Å². The van der Waals surface area contributed by atoms with E-state index < -0.39 is 11.6 Å². The molecule has 1 atom stereocenters. The first-order chi connectivity index (χ1) is 6.13. The molecule has 0 amide bonds. The fourth-order valence-corrected chi connectivity index (χ4v) is 0.800. The summed E-state index contributed by atoms with van der Waals surface area (Å²) in [5.74, 6) is -1.54. The van der Waals surface area contributed by atoms with Crippen LogP contribution in [0.1, 0.15) is 6.92 Å². The molecule has 0 radical (unpaired) electrons. The van der Waals surface area contributed by atoms with Crippen LogP contribution in [0.4, 0.5) is 14.6 Å². The predicted octanol–water partition coefficient (Wildman–Crippen LogP) is 1.15. The molecule has 0 spiro atoms. The molecule has 2 N–H and O–H groups in total. The lowest BCUT2D eigenvalue weighted by Gasteiger charge is -2.11. The topological polar surface area (TPSA) is 45.1 Å². The summed E-state index contributed by atoms with van der Waals surface area (Å²) in [6.45, 7) is 1.52. The maximum atomic E-state index is 12.9. The zero-order valence-electron chi connectivity index (χ0n) is 7.09. The molecule has 3 nitrogen and oxygen atoms in total. The Labute approximate surface area is 74.4 Å². The highest BCUT2D eigenvalue weighted by atomic mass is 19.1. The molecule has 0 fully saturated rings. The monoisotopic (exact) mass is 188 g/mol. The molecule has 13 heavy (non-hydrogen) atoms. The summed E-state index contributed by atoms with van der Waals surface area (Å²) in [7, 11) is 0. The first kappa shape index (κ1) is 9.85. The zero-order chi connectivity index (χ0) is 9.84. The van der Waals surface area contributed by atoms with Crippen LogP contribution < -0.4 is 5.32 Å². The van der Waals surface area contributed by atoms with E-state index in [2.05, 4.69) is 10.3 Å². The molecule has 0 aliphatic carbocycles. The van der Waals surface area contributed by atoms with Gasteiger partial charge in [-0.3, -0.25) is 0 Å². The van der Waals surface area contributed by atoms with E-state index >= 15 is 0 Å². The Morgan fingerprint density at radius 2 is 2.31 bits per heavy atom. The fraction of sp³-hybridized carbons (Fsp3) is 0.375. The Hall–Kier alpha value is -1.23. The summed E-state index contributed by atoms with van der Waals surface area (Å²) in [4.78, 5) is 3.49. The molecule has 72 valence electrons. The summed E-state index contributed by atoms with van der Waals surface area (Å²) < 4.78 is 25.3. The SMILES string of the molecule is CC(CO)Nc1ncc(F)cc1F. The van der Waals surface area contributed by atoms with Crippen molar-refractivity contribution in [1.82, 2.24) is 4.98 Å². The number of hydrogen-bond acceptors (Lipinski definition) is 3. The minimum Gasteiger partial charge on any atom is -0.394 e. The lowest BCUT2D eigenvalue weighted by Crippen LogP contribution is -2.20. The van der Waals surface area contributed by atoms with Gasteiger partial charge in [0, 0.05) is 12.1 Å². The Balaban J connectivity index is 2.77. The van der Waals surface area contributed by atoms with E-state index in [1.54, 1.807) is 6.92 Å². The van der Waals surface area contributed by atoms with Crippen molar-refractivity contribution in [2.24, 2.45) is 0 Å². The van der Waals surface area contributed by atoms with Crippen LogP contribution in [-0.2, 0) is 0 Å². The molecular formula is C8H10F2N2O. The number of nitrogens with one attached hydrogen (secondary N) is 1. The number of aromatic nitrogens is 1. The number of nitrogens with zero attached hydrogens (tertiary/aromatic N) is 1. The smallest absolute Gasteiger partial charge is 0.168 e. The molecular weight excluding hydrogens is 178 g/mol. The third-order valence-corrected chi connectivity index (χ3v) is 1.46. The van der Waals surface area contributed by atoms with Gasteiger partial charge in [-0.05, 0) is 6.92 Å². The van der Waals surface area contributed by atoms with Gasteiger partial charge in [-0.1, -0.05) is 0 Å². The van der Waals surface area contributed by atoms with Gasteiger partial charge in [0.2, 0.25) is 0 Å². The molecule has 0 aromatic carbocycles. The van der Waals surface area contributed by atoms with E-state index in [4.69, 9.17) is 5.11 Å². The van der Waals surface area contributed by atoms with E-state index in [1.807, 2.05) is 0 Å². The van der Waals surface area contributed by atoms with Crippen molar-refractivity contribution in [1.29, 1.82) is 0 Å². The summed E-state index contributed by atoms with van der Waals surface area (Å²) >= 11 is 0. The van der Waals surface area contributed by atoms with Crippen molar-refractivity contribution >= 4 is 5.82 Å². The van der Waals surface area contributed by atoms with Crippen molar-refractivity contribution in [2.75, 3.05) is 11.9 Å². The van der Waals surface area contributed by atoms with Gasteiger partial charge in [0.25, 0.3) is 0 Å². The Morgan fingerprint density at radius 3 is 2.85 bits per heavy atom. The number of anilines is 1. The summed E-state index contributed by atoms with van der Waals surface area (Å²) in [6.07, 6.45) is 0.912. The Kier molecular flexibility index (Phi) is 3.13. The van der Waals surface area contributed by atoms with Crippen LogP contribution in [0.5, 0.6) is 0 Å². The van der Waals surface area contributed by atoms with Gasteiger partial charge in [-0.25, -0.2) is 13.8 Å². The normalized spacial score (nSPS) is 12.6. The molecule has 0 bridgehead atoms. The number of hydrogen-bond donors (Lipinski definition) is 2. The summed E-state index contributed by atoms with van der Waals surface area (Å²) in [5, 5.41) is 11.2. The Morgan fingerprint density at radius 1 is 1.62 bits per heavy atom. The maximum Gasteiger partial charge on any atom is 0.168 e. The van der Waals surface area contributed by atoms with Crippen LogP contribution in [-0.4, -0.2) is 22.7 Å². The summed E-state index contributed by atoms with van der Waals surface area (Å²) in [5.41, 5.74) is 0. The van der Waals surface area contributed by atoms with Gasteiger partial charge in [0.15, 0.2) is 11.6 Å². The van der Waals surface area contributed by atoms with E-state index in [1.165, 1.54) is 0 Å².